The summed E-state index contributed by atoms with van der Waals surface area (Å²) in [7, 11) is 0. The van der Waals surface area contributed by atoms with Gasteiger partial charge in [-0.05, 0) is 62.2 Å². The summed E-state index contributed by atoms with van der Waals surface area (Å²) in [5.41, 5.74) is 3.54. The van der Waals surface area contributed by atoms with Crippen LogP contribution in [-0.4, -0.2) is 68.8 Å². The molecule has 5 rings (SSSR count). The van der Waals surface area contributed by atoms with Gasteiger partial charge in [-0.15, -0.1) is 0 Å². The number of benzene rings is 2. The number of hydrogen-bond acceptors (Lipinski definition) is 5. The Labute approximate surface area is 190 Å². The summed E-state index contributed by atoms with van der Waals surface area (Å²) >= 11 is 0. The number of likely N-dealkylation sites (tertiary alicyclic amines) is 1. The molecule has 0 aromatic heterocycles. The fraction of sp³-hybridized carbons (Fsp3) is 0.500. The van der Waals surface area contributed by atoms with Gasteiger partial charge in [0, 0.05) is 49.0 Å². The molecule has 3 fully saturated rings. The Morgan fingerprint density at radius 2 is 1.75 bits per heavy atom. The molecule has 2 unspecified atom stereocenters. The highest BCUT2D eigenvalue weighted by molar-refractivity contribution is 5.95. The summed E-state index contributed by atoms with van der Waals surface area (Å²) in [4.78, 5) is 16.3. The van der Waals surface area contributed by atoms with Crippen LogP contribution in [0.25, 0.3) is 0 Å². The number of anilines is 2. The molecule has 2 atom stereocenters. The second-order valence-electron chi connectivity index (χ2n) is 9.21. The number of morpholine rings is 1. The second kappa shape index (κ2) is 10.0. The van der Waals surface area contributed by atoms with Gasteiger partial charge in [-0.2, -0.15) is 0 Å². The molecule has 0 radical (unpaired) electrons. The van der Waals surface area contributed by atoms with Crippen molar-refractivity contribution in [1.82, 2.24) is 10.2 Å². The monoisotopic (exact) mass is 434 g/mol. The summed E-state index contributed by atoms with van der Waals surface area (Å²) in [6.45, 7) is 5.75. The zero-order valence-corrected chi connectivity index (χ0v) is 18.7. The minimum atomic E-state index is 0.0344. The lowest BCUT2D eigenvalue weighted by Crippen LogP contribution is -2.44. The molecule has 32 heavy (non-hydrogen) atoms. The van der Waals surface area contributed by atoms with E-state index in [1.54, 1.807) is 4.90 Å². The molecule has 1 amide bonds. The normalized spacial score (nSPS) is 24.5. The van der Waals surface area contributed by atoms with E-state index in [0.717, 1.165) is 24.5 Å². The molecule has 2 aromatic rings. The van der Waals surface area contributed by atoms with Crippen molar-refractivity contribution in [1.29, 1.82) is 0 Å². The number of carbonyl (C=O) groups excluding carboxylic acids is 1. The minimum Gasteiger partial charge on any atom is -0.384 e. The average molecular weight is 435 g/mol. The topological polar surface area (TPSA) is 56.8 Å². The Morgan fingerprint density at radius 1 is 0.969 bits per heavy atom. The first-order valence-electron chi connectivity index (χ1n) is 12.0. The Morgan fingerprint density at radius 3 is 2.50 bits per heavy atom. The predicted octanol–water partition coefficient (Wildman–Crippen LogP) is 3.07. The quantitative estimate of drug-likeness (QED) is 0.669. The summed E-state index contributed by atoms with van der Waals surface area (Å²) in [6.07, 6.45) is 3.76. The van der Waals surface area contributed by atoms with Gasteiger partial charge in [0.25, 0.3) is 5.91 Å². The van der Waals surface area contributed by atoms with Crippen molar-refractivity contribution in [3.8, 4) is 0 Å². The Bertz CT molecular complexity index is 880. The second-order valence-corrected chi connectivity index (χ2v) is 9.21. The molecule has 2 aliphatic heterocycles. The summed E-state index contributed by atoms with van der Waals surface area (Å²) < 4.78 is 5.21. The van der Waals surface area contributed by atoms with E-state index in [1.165, 1.54) is 37.9 Å². The number of ether oxygens (including phenoxy) is 1. The van der Waals surface area contributed by atoms with Crippen LogP contribution in [0.5, 0.6) is 0 Å². The largest absolute Gasteiger partial charge is 0.384 e. The molecule has 0 spiro atoms. The zero-order chi connectivity index (χ0) is 21.8. The van der Waals surface area contributed by atoms with Gasteiger partial charge in [-0.1, -0.05) is 30.3 Å². The van der Waals surface area contributed by atoms with E-state index in [4.69, 9.17) is 4.74 Å². The van der Waals surface area contributed by atoms with Gasteiger partial charge in [0.15, 0.2) is 0 Å². The van der Waals surface area contributed by atoms with Crippen LogP contribution >= 0.6 is 0 Å². The van der Waals surface area contributed by atoms with E-state index in [-0.39, 0.29) is 12.5 Å². The van der Waals surface area contributed by atoms with E-state index < -0.39 is 0 Å². The number of amides is 1. The van der Waals surface area contributed by atoms with Crippen LogP contribution in [0, 0.1) is 0 Å². The molecule has 2 aromatic carbocycles. The molecule has 0 bridgehead atoms. The lowest BCUT2D eigenvalue weighted by atomic mass is 10.0. The van der Waals surface area contributed by atoms with Crippen LogP contribution in [0.3, 0.4) is 0 Å². The smallest absolute Gasteiger partial charge is 0.253 e. The lowest BCUT2D eigenvalue weighted by Gasteiger charge is -2.32. The highest BCUT2D eigenvalue weighted by atomic mass is 16.5. The van der Waals surface area contributed by atoms with Crippen molar-refractivity contribution in [2.24, 2.45) is 0 Å². The van der Waals surface area contributed by atoms with Crippen LogP contribution in [0.15, 0.2) is 54.6 Å². The maximum absolute atomic E-state index is 12.0. The number of piperidine rings is 1. The molecule has 1 aliphatic carbocycles. The first kappa shape index (κ1) is 21.4. The average Bonchev–Trinajstić information content (AvgIpc) is 3.61. The van der Waals surface area contributed by atoms with Gasteiger partial charge in [0.2, 0.25) is 0 Å². The lowest BCUT2D eigenvalue weighted by molar-refractivity contribution is -0.125. The van der Waals surface area contributed by atoms with Gasteiger partial charge < -0.3 is 25.2 Å². The van der Waals surface area contributed by atoms with E-state index in [2.05, 4.69) is 58.0 Å². The maximum atomic E-state index is 12.0. The van der Waals surface area contributed by atoms with Crippen molar-refractivity contribution >= 4 is 17.3 Å². The molecule has 6 nitrogen and oxygen atoms in total. The Hall–Kier alpha value is -2.41. The molecule has 2 heterocycles. The fourth-order valence-corrected chi connectivity index (χ4v) is 4.98. The molecule has 1 saturated carbocycles. The summed E-state index contributed by atoms with van der Waals surface area (Å²) in [5, 5.41) is 7.43. The van der Waals surface area contributed by atoms with E-state index in [1.807, 2.05) is 12.1 Å². The Balaban J connectivity index is 0.993. The third-order valence-corrected chi connectivity index (χ3v) is 6.98. The molecular weight excluding hydrogens is 400 g/mol. The molecule has 6 heteroatoms. The molecule has 3 aliphatic rings. The fourth-order valence-electron chi connectivity index (χ4n) is 4.98. The number of nitrogens with zero attached hydrogens (tertiary/aromatic N) is 2. The van der Waals surface area contributed by atoms with Crippen molar-refractivity contribution in [2.45, 2.75) is 37.3 Å². The van der Waals surface area contributed by atoms with Gasteiger partial charge in [-0.3, -0.25) is 4.79 Å². The van der Waals surface area contributed by atoms with Crippen molar-refractivity contribution < 1.29 is 9.53 Å². The predicted molar refractivity (Wildman–Crippen MR) is 128 cm³/mol. The van der Waals surface area contributed by atoms with E-state index >= 15 is 0 Å². The van der Waals surface area contributed by atoms with Crippen LogP contribution in [0.4, 0.5) is 11.4 Å². The van der Waals surface area contributed by atoms with E-state index in [9.17, 15) is 4.79 Å². The highest BCUT2D eigenvalue weighted by Crippen LogP contribution is 2.41. The summed E-state index contributed by atoms with van der Waals surface area (Å²) in [5.74, 6) is 0.748. The number of carbonyl (C=O) groups is 1. The molecular formula is C26H34N4O2. The Kier molecular flexibility index (Phi) is 6.72. The molecule has 2 N–H and O–H groups in total. The first-order chi connectivity index (χ1) is 15.8. The number of rotatable bonds is 8. The van der Waals surface area contributed by atoms with Gasteiger partial charge in [-0.25, -0.2) is 0 Å². The van der Waals surface area contributed by atoms with Gasteiger partial charge in [0.1, 0.15) is 6.61 Å². The third-order valence-electron chi connectivity index (χ3n) is 6.98. The standard InChI is InChI=1S/C26H34N4O2/c31-26-19-32-17-16-30(26)23-8-6-21(7-9-23)27-12-15-29-13-10-22(11-14-29)28-25-18-24(25)20-4-2-1-3-5-20/h1-9,22,24-25,27-28H,10-19H2. The van der Waals surface area contributed by atoms with Crippen molar-refractivity contribution in [3.05, 3.63) is 60.2 Å². The summed E-state index contributed by atoms with van der Waals surface area (Å²) in [6, 6.07) is 20.4. The van der Waals surface area contributed by atoms with E-state index in [0.29, 0.717) is 31.2 Å². The third kappa shape index (κ3) is 5.31. The molecule has 2 saturated heterocycles. The SMILES string of the molecule is O=C1COCCN1c1ccc(NCCN2CCC(NC3CC3c3ccccc3)CC2)cc1. The minimum absolute atomic E-state index is 0.0344. The van der Waals surface area contributed by atoms with Crippen LogP contribution in [-0.2, 0) is 9.53 Å². The number of nitrogens with one attached hydrogen (secondary N) is 2. The highest BCUT2D eigenvalue weighted by Gasteiger charge is 2.39. The number of hydrogen-bond donors (Lipinski definition) is 2. The first-order valence-corrected chi connectivity index (χ1v) is 12.0. The van der Waals surface area contributed by atoms with Crippen LogP contribution in [0.1, 0.15) is 30.7 Å². The van der Waals surface area contributed by atoms with Gasteiger partial charge in [0.05, 0.1) is 6.61 Å². The molecule has 170 valence electrons. The van der Waals surface area contributed by atoms with Gasteiger partial charge >= 0.3 is 0 Å². The zero-order valence-electron chi connectivity index (χ0n) is 18.7. The van der Waals surface area contributed by atoms with Crippen molar-refractivity contribution in [2.75, 3.05) is 56.2 Å². The van der Waals surface area contributed by atoms with Crippen LogP contribution < -0.4 is 15.5 Å². The maximum Gasteiger partial charge on any atom is 0.253 e. The van der Waals surface area contributed by atoms with Crippen LogP contribution in [0.2, 0.25) is 0 Å². The van der Waals surface area contributed by atoms with Crippen molar-refractivity contribution in [3.63, 3.8) is 0 Å².